The van der Waals surface area contributed by atoms with Crippen molar-refractivity contribution in [1.29, 1.82) is 0 Å². The fraction of sp³-hybridized carbons (Fsp3) is 0.667. The molecule has 0 unspecified atom stereocenters. The maximum Gasteiger partial charge on any atom is 0.309 e. The van der Waals surface area contributed by atoms with Gasteiger partial charge in [-0.1, -0.05) is 13.3 Å². The fourth-order valence-corrected chi connectivity index (χ4v) is 1.33. The first-order valence-electron chi connectivity index (χ1n) is 6.60. The molecule has 8 heteroatoms. The van der Waals surface area contributed by atoms with Crippen molar-refractivity contribution in [3.8, 4) is 0 Å². The van der Waals surface area contributed by atoms with Gasteiger partial charge in [0, 0.05) is 19.6 Å². The van der Waals surface area contributed by atoms with Gasteiger partial charge >= 0.3 is 17.7 Å². The lowest BCUT2D eigenvalue weighted by atomic mass is 10.3. The Hall–Kier alpha value is -1.96. The van der Waals surface area contributed by atoms with Gasteiger partial charge < -0.3 is 10.6 Å². The number of aldehydes is 1. The molecule has 0 aliphatic heterocycles. The Morgan fingerprint density at radius 3 is 2.10 bits per heavy atom. The number of unbranched alkanes of at least 4 members (excludes halogenated alkanes) is 2. The van der Waals surface area contributed by atoms with E-state index in [1.54, 1.807) is 0 Å². The van der Waals surface area contributed by atoms with Crippen molar-refractivity contribution in [2.75, 3.05) is 19.6 Å². The molecule has 0 aromatic rings. The van der Waals surface area contributed by atoms with Crippen LogP contribution in [0.4, 0.5) is 0 Å². The topological polar surface area (TPSA) is 122 Å². The molecule has 0 atom stereocenters. The van der Waals surface area contributed by atoms with Crippen LogP contribution >= 0.6 is 0 Å². The minimum absolute atomic E-state index is 0.141. The standard InChI is InChI=1S/C12H22N4O4/c1-2-3-6-14-11(19)12(20)15-7-4-5-8-16(13)10(18)9-17/h9H,2-8,13H2,1H3,(H,14,19)(H,15,20). The zero-order chi connectivity index (χ0) is 15.4. The summed E-state index contributed by atoms with van der Waals surface area (Å²) in [7, 11) is 0. The van der Waals surface area contributed by atoms with Gasteiger partial charge in [-0.05, 0) is 19.3 Å². The number of hydrogen-bond acceptors (Lipinski definition) is 5. The molecule has 0 saturated heterocycles. The first-order chi connectivity index (χ1) is 9.52. The highest BCUT2D eigenvalue weighted by molar-refractivity contribution is 6.35. The van der Waals surface area contributed by atoms with E-state index in [0.717, 1.165) is 17.9 Å². The third-order valence-electron chi connectivity index (χ3n) is 2.52. The molecule has 0 bridgehead atoms. The maximum absolute atomic E-state index is 11.3. The molecule has 114 valence electrons. The summed E-state index contributed by atoms with van der Waals surface area (Å²) in [4.78, 5) is 43.6. The van der Waals surface area contributed by atoms with Gasteiger partial charge in [-0.15, -0.1) is 0 Å². The Morgan fingerprint density at radius 1 is 1.05 bits per heavy atom. The summed E-state index contributed by atoms with van der Waals surface area (Å²) in [5.74, 6) is 3.18. The van der Waals surface area contributed by atoms with Crippen molar-refractivity contribution in [1.82, 2.24) is 15.6 Å². The van der Waals surface area contributed by atoms with Crippen LogP contribution in [-0.4, -0.2) is 48.7 Å². The van der Waals surface area contributed by atoms with E-state index in [1.165, 1.54) is 0 Å². The van der Waals surface area contributed by atoms with Crippen LogP contribution in [0.25, 0.3) is 0 Å². The predicted octanol–water partition coefficient (Wildman–Crippen LogP) is -1.30. The van der Waals surface area contributed by atoms with Crippen molar-refractivity contribution >= 4 is 24.0 Å². The highest BCUT2D eigenvalue weighted by Crippen LogP contribution is 1.90. The third-order valence-corrected chi connectivity index (χ3v) is 2.52. The number of hydrazine groups is 1. The molecule has 8 nitrogen and oxygen atoms in total. The Labute approximate surface area is 118 Å². The summed E-state index contributed by atoms with van der Waals surface area (Å²) >= 11 is 0. The second-order valence-electron chi connectivity index (χ2n) is 4.22. The Bertz CT molecular complexity index is 346. The molecule has 0 aliphatic rings. The summed E-state index contributed by atoms with van der Waals surface area (Å²) in [5, 5.41) is 5.78. The average Bonchev–Trinajstić information content (AvgIpc) is 2.45. The van der Waals surface area contributed by atoms with E-state index >= 15 is 0 Å². The monoisotopic (exact) mass is 286 g/mol. The van der Waals surface area contributed by atoms with E-state index in [0.29, 0.717) is 25.9 Å². The normalized spacial score (nSPS) is 9.70. The Kier molecular flexibility index (Phi) is 9.85. The number of rotatable bonds is 9. The first kappa shape index (κ1) is 18.0. The lowest BCUT2D eigenvalue weighted by molar-refractivity contribution is -0.139. The zero-order valence-electron chi connectivity index (χ0n) is 11.7. The van der Waals surface area contributed by atoms with Crippen LogP contribution in [0, 0.1) is 0 Å². The maximum atomic E-state index is 11.3. The fourth-order valence-electron chi connectivity index (χ4n) is 1.33. The molecule has 0 aromatic heterocycles. The number of hydrogen-bond donors (Lipinski definition) is 3. The molecule has 3 amide bonds. The molecule has 0 saturated carbocycles. The summed E-state index contributed by atoms with van der Waals surface area (Å²) < 4.78 is 0. The summed E-state index contributed by atoms with van der Waals surface area (Å²) in [6.07, 6.45) is 2.98. The van der Waals surface area contributed by atoms with Crippen LogP contribution < -0.4 is 16.5 Å². The van der Waals surface area contributed by atoms with Crippen molar-refractivity contribution < 1.29 is 19.2 Å². The number of amides is 3. The molecular formula is C12H22N4O4. The lowest BCUT2D eigenvalue weighted by Crippen LogP contribution is -2.41. The molecular weight excluding hydrogens is 264 g/mol. The zero-order valence-corrected chi connectivity index (χ0v) is 11.7. The second-order valence-corrected chi connectivity index (χ2v) is 4.22. The molecule has 20 heavy (non-hydrogen) atoms. The van der Waals surface area contributed by atoms with E-state index in [9.17, 15) is 19.2 Å². The quantitative estimate of drug-likeness (QED) is 0.121. The Morgan fingerprint density at radius 2 is 1.60 bits per heavy atom. The highest BCUT2D eigenvalue weighted by atomic mass is 16.2. The second kappa shape index (κ2) is 10.9. The van der Waals surface area contributed by atoms with E-state index in [2.05, 4.69) is 10.6 Å². The number of nitrogens with zero attached hydrogens (tertiary/aromatic N) is 1. The average molecular weight is 286 g/mol. The number of carbonyl (C=O) groups is 4. The minimum atomic E-state index is -0.788. The molecule has 0 fully saturated rings. The van der Waals surface area contributed by atoms with Crippen LogP contribution in [0.5, 0.6) is 0 Å². The summed E-state index contributed by atoms with van der Waals surface area (Å²) in [6, 6.07) is 0. The minimum Gasteiger partial charge on any atom is -0.348 e. The van der Waals surface area contributed by atoms with Crippen molar-refractivity contribution in [3.05, 3.63) is 0 Å². The predicted molar refractivity (Wildman–Crippen MR) is 72.1 cm³/mol. The molecule has 0 radical (unpaired) electrons. The van der Waals surface area contributed by atoms with Crippen LogP contribution in [0.1, 0.15) is 32.6 Å². The molecule has 0 spiro atoms. The van der Waals surface area contributed by atoms with Gasteiger partial charge in [0.15, 0.2) is 0 Å². The van der Waals surface area contributed by atoms with Crippen LogP contribution in [-0.2, 0) is 19.2 Å². The van der Waals surface area contributed by atoms with Gasteiger partial charge in [0.1, 0.15) is 0 Å². The van der Waals surface area contributed by atoms with Gasteiger partial charge in [-0.25, -0.2) is 5.84 Å². The smallest absolute Gasteiger partial charge is 0.309 e. The SMILES string of the molecule is CCCCNC(=O)C(=O)NCCCCN(N)C(=O)C=O. The van der Waals surface area contributed by atoms with Crippen LogP contribution in [0.3, 0.4) is 0 Å². The van der Waals surface area contributed by atoms with Gasteiger partial charge in [-0.3, -0.25) is 24.2 Å². The number of carbonyl (C=O) groups excluding carboxylic acids is 4. The van der Waals surface area contributed by atoms with Gasteiger partial charge in [0.25, 0.3) is 0 Å². The van der Waals surface area contributed by atoms with E-state index in [4.69, 9.17) is 5.84 Å². The molecule has 0 aliphatic carbocycles. The molecule has 0 heterocycles. The first-order valence-corrected chi connectivity index (χ1v) is 6.60. The summed E-state index contributed by atoms with van der Waals surface area (Å²) in [5.41, 5.74) is 0. The molecule has 4 N–H and O–H groups in total. The largest absolute Gasteiger partial charge is 0.348 e. The third kappa shape index (κ3) is 8.20. The van der Waals surface area contributed by atoms with Gasteiger partial charge in [0.2, 0.25) is 6.29 Å². The van der Waals surface area contributed by atoms with Gasteiger partial charge in [-0.2, -0.15) is 0 Å². The lowest BCUT2D eigenvalue weighted by Gasteiger charge is -2.12. The van der Waals surface area contributed by atoms with Crippen LogP contribution in [0.15, 0.2) is 0 Å². The number of nitrogens with one attached hydrogen (secondary N) is 2. The van der Waals surface area contributed by atoms with Crippen molar-refractivity contribution in [3.63, 3.8) is 0 Å². The molecule has 0 aromatic carbocycles. The number of nitrogens with two attached hydrogens (primary N) is 1. The summed E-state index contributed by atoms with van der Waals surface area (Å²) in [6.45, 7) is 3.00. The van der Waals surface area contributed by atoms with E-state index in [1.807, 2.05) is 6.92 Å². The highest BCUT2D eigenvalue weighted by Gasteiger charge is 2.11. The van der Waals surface area contributed by atoms with Crippen LogP contribution in [0.2, 0.25) is 0 Å². The van der Waals surface area contributed by atoms with E-state index < -0.39 is 17.7 Å². The Balaban J connectivity index is 3.64. The molecule has 0 rings (SSSR count). The van der Waals surface area contributed by atoms with E-state index in [-0.39, 0.29) is 12.8 Å². The van der Waals surface area contributed by atoms with Crippen molar-refractivity contribution in [2.24, 2.45) is 5.84 Å². The van der Waals surface area contributed by atoms with Gasteiger partial charge in [0.05, 0.1) is 0 Å². The van der Waals surface area contributed by atoms with Crippen molar-refractivity contribution in [2.45, 2.75) is 32.6 Å².